The topological polar surface area (TPSA) is 66.5 Å². The number of nitrogens with zero attached hydrogens (tertiary/aromatic N) is 3. The molecule has 0 aliphatic heterocycles. The summed E-state index contributed by atoms with van der Waals surface area (Å²) in [6.45, 7) is 8.36. The van der Waals surface area contributed by atoms with E-state index in [1.165, 1.54) is 11.5 Å². The predicted molar refractivity (Wildman–Crippen MR) is 69.2 cm³/mol. The van der Waals surface area contributed by atoms with E-state index in [1.54, 1.807) is 6.20 Å². The van der Waals surface area contributed by atoms with Gasteiger partial charge in [0.05, 0.1) is 6.04 Å². The van der Waals surface area contributed by atoms with Crippen molar-refractivity contribution in [3.05, 3.63) is 24.0 Å². The first-order chi connectivity index (χ1) is 7.97. The number of aromatic nitrogens is 4. The molecule has 0 saturated heterocycles. The Hall–Kier alpha value is -1.43. The second kappa shape index (κ2) is 4.44. The lowest BCUT2D eigenvalue weighted by Gasteiger charge is -2.13. The molecule has 2 rings (SSSR count). The van der Waals surface area contributed by atoms with Crippen LogP contribution in [0.15, 0.2) is 12.4 Å². The summed E-state index contributed by atoms with van der Waals surface area (Å²) in [6.07, 6.45) is 3.56. The van der Waals surface area contributed by atoms with Crippen molar-refractivity contribution in [3.63, 3.8) is 0 Å². The fourth-order valence-corrected chi connectivity index (χ4v) is 2.20. The highest BCUT2D eigenvalue weighted by Crippen LogP contribution is 2.24. The summed E-state index contributed by atoms with van der Waals surface area (Å²) >= 11 is 1.39. The summed E-state index contributed by atoms with van der Waals surface area (Å²) in [5, 5.41) is 4.12. The van der Waals surface area contributed by atoms with Gasteiger partial charge >= 0.3 is 0 Å². The van der Waals surface area contributed by atoms with E-state index in [0.29, 0.717) is 0 Å². The van der Waals surface area contributed by atoms with Crippen LogP contribution in [0.3, 0.4) is 0 Å². The molecule has 1 atom stereocenters. The van der Waals surface area contributed by atoms with Crippen LogP contribution in [0, 0.1) is 0 Å². The molecule has 0 spiro atoms. The molecule has 1 unspecified atom stereocenters. The number of hydrogen-bond acceptors (Lipinski definition) is 5. The zero-order valence-corrected chi connectivity index (χ0v) is 11.3. The molecule has 0 aliphatic rings. The maximum absolute atomic E-state index is 4.49. The zero-order chi connectivity index (χ0) is 12.5. The summed E-state index contributed by atoms with van der Waals surface area (Å²) in [5.41, 5.74) is -0.00957. The quantitative estimate of drug-likeness (QED) is 0.880. The van der Waals surface area contributed by atoms with Gasteiger partial charge in [-0.25, -0.2) is 9.97 Å². The third kappa shape index (κ3) is 2.82. The molecule has 17 heavy (non-hydrogen) atoms. The fourth-order valence-electron chi connectivity index (χ4n) is 1.35. The first-order valence-electron chi connectivity index (χ1n) is 5.57. The van der Waals surface area contributed by atoms with Crippen LogP contribution >= 0.6 is 11.5 Å². The van der Waals surface area contributed by atoms with E-state index >= 15 is 0 Å². The van der Waals surface area contributed by atoms with Crippen molar-refractivity contribution in [2.75, 3.05) is 5.32 Å². The molecular formula is C11H17N5S. The highest BCUT2D eigenvalue weighted by Gasteiger charge is 2.20. The Morgan fingerprint density at radius 2 is 2.18 bits per heavy atom. The van der Waals surface area contributed by atoms with Crippen molar-refractivity contribution < 1.29 is 0 Å². The smallest absolute Gasteiger partial charge is 0.203 e. The van der Waals surface area contributed by atoms with Crippen LogP contribution in [-0.4, -0.2) is 19.3 Å². The van der Waals surface area contributed by atoms with Crippen LogP contribution in [0.5, 0.6) is 0 Å². The molecule has 0 aliphatic carbocycles. The number of hydrogen-bond donors (Lipinski definition) is 2. The Bertz CT molecular complexity index is 468. The molecule has 2 N–H and O–H groups in total. The van der Waals surface area contributed by atoms with E-state index in [1.807, 2.05) is 13.1 Å². The monoisotopic (exact) mass is 251 g/mol. The fraction of sp³-hybridized carbons (Fsp3) is 0.545. The molecule has 2 aromatic heterocycles. The first-order valence-corrected chi connectivity index (χ1v) is 6.34. The minimum Gasteiger partial charge on any atom is -0.351 e. The van der Waals surface area contributed by atoms with Gasteiger partial charge in [-0.3, -0.25) is 0 Å². The largest absolute Gasteiger partial charge is 0.351 e. The summed E-state index contributed by atoms with van der Waals surface area (Å²) in [5.74, 6) is 1.77. The SMILES string of the molecule is CC(Nc1nc(C(C)(C)C)ns1)c1ncc[nH]1. The number of nitrogens with one attached hydrogen (secondary N) is 2. The average Bonchev–Trinajstić information content (AvgIpc) is 2.85. The van der Waals surface area contributed by atoms with E-state index in [0.717, 1.165) is 16.8 Å². The maximum Gasteiger partial charge on any atom is 0.203 e. The van der Waals surface area contributed by atoms with Gasteiger partial charge in [-0.1, -0.05) is 20.8 Å². The van der Waals surface area contributed by atoms with Crippen molar-refractivity contribution >= 4 is 16.7 Å². The van der Waals surface area contributed by atoms with Gasteiger partial charge in [0.15, 0.2) is 0 Å². The van der Waals surface area contributed by atoms with Crippen LogP contribution in [0.25, 0.3) is 0 Å². The number of imidazole rings is 1. The van der Waals surface area contributed by atoms with Crippen LogP contribution < -0.4 is 5.32 Å². The molecular weight excluding hydrogens is 234 g/mol. The van der Waals surface area contributed by atoms with Crippen LogP contribution in [0.1, 0.15) is 45.4 Å². The zero-order valence-electron chi connectivity index (χ0n) is 10.5. The molecule has 0 saturated carbocycles. The second-order valence-electron chi connectivity index (χ2n) is 5.01. The summed E-state index contributed by atoms with van der Waals surface area (Å²) in [7, 11) is 0. The summed E-state index contributed by atoms with van der Waals surface area (Å²) < 4.78 is 4.36. The lowest BCUT2D eigenvalue weighted by Crippen LogP contribution is -2.14. The van der Waals surface area contributed by atoms with Crippen molar-refractivity contribution in [1.82, 2.24) is 19.3 Å². The van der Waals surface area contributed by atoms with E-state index in [4.69, 9.17) is 0 Å². The van der Waals surface area contributed by atoms with Gasteiger partial charge in [-0.2, -0.15) is 4.37 Å². The molecule has 2 heterocycles. The number of anilines is 1. The molecule has 0 bridgehead atoms. The molecule has 0 amide bonds. The van der Waals surface area contributed by atoms with Crippen LogP contribution in [0.4, 0.5) is 5.13 Å². The van der Waals surface area contributed by atoms with Gasteiger partial charge in [-0.05, 0) is 6.92 Å². The van der Waals surface area contributed by atoms with E-state index < -0.39 is 0 Å². The number of rotatable bonds is 3. The molecule has 2 aromatic rings. The van der Waals surface area contributed by atoms with Gasteiger partial charge in [-0.15, -0.1) is 0 Å². The minimum atomic E-state index is -0.00957. The standard InChI is InChI=1S/C11H17N5S/c1-7(8-12-5-6-13-8)14-10-15-9(16-17-10)11(2,3)4/h5-7H,1-4H3,(H,12,13)(H,14,15,16). The Kier molecular flexibility index (Phi) is 3.15. The van der Waals surface area contributed by atoms with Gasteiger partial charge in [0.25, 0.3) is 0 Å². The van der Waals surface area contributed by atoms with Crippen LogP contribution in [0.2, 0.25) is 0 Å². The Morgan fingerprint density at radius 1 is 1.41 bits per heavy atom. The lowest BCUT2D eigenvalue weighted by atomic mass is 9.96. The van der Waals surface area contributed by atoms with E-state index in [2.05, 4.69) is 45.4 Å². The van der Waals surface area contributed by atoms with Gasteiger partial charge in [0.2, 0.25) is 5.13 Å². The first kappa shape index (κ1) is 12.0. The molecule has 5 nitrogen and oxygen atoms in total. The third-order valence-corrected chi connectivity index (χ3v) is 3.01. The molecule has 92 valence electrons. The van der Waals surface area contributed by atoms with Gasteiger partial charge in [0.1, 0.15) is 11.6 Å². The Labute approximate surface area is 105 Å². The Balaban J connectivity index is 2.07. The van der Waals surface area contributed by atoms with E-state index in [-0.39, 0.29) is 11.5 Å². The van der Waals surface area contributed by atoms with Gasteiger partial charge in [0, 0.05) is 29.3 Å². The summed E-state index contributed by atoms with van der Waals surface area (Å²) in [6, 6.07) is 0.103. The number of aromatic amines is 1. The molecule has 0 fully saturated rings. The highest BCUT2D eigenvalue weighted by molar-refractivity contribution is 7.09. The molecule has 6 heteroatoms. The van der Waals surface area contributed by atoms with Crippen molar-refractivity contribution in [1.29, 1.82) is 0 Å². The van der Waals surface area contributed by atoms with E-state index in [9.17, 15) is 0 Å². The highest BCUT2D eigenvalue weighted by atomic mass is 32.1. The van der Waals surface area contributed by atoms with Crippen molar-refractivity contribution in [2.24, 2.45) is 0 Å². The molecule has 0 radical (unpaired) electrons. The third-order valence-electron chi connectivity index (χ3n) is 2.37. The normalized spacial score (nSPS) is 13.6. The second-order valence-corrected chi connectivity index (χ2v) is 5.77. The van der Waals surface area contributed by atoms with Crippen molar-refractivity contribution in [2.45, 2.75) is 39.2 Å². The molecule has 0 aromatic carbocycles. The maximum atomic E-state index is 4.49. The van der Waals surface area contributed by atoms with Crippen molar-refractivity contribution in [3.8, 4) is 0 Å². The predicted octanol–water partition coefficient (Wildman–Crippen LogP) is 2.73. The summed E-state index contributed by atoms with van der Waals surface area (Å²) in [4.78, 5) is 11.8. The Morgan fingerprint density at radius 3 is 2.71 bits per heavy atom. The minimum absolute atomic E-state index is 0.00957. The number of H-pyrrole nitrogens is 1. The lowest BCUT2D eigenvalue weighted by molar-refractivity contribution is 0.555. The van der Waals surface area contributed by atoms with Gasteiger partial charge < -0.3 is 10.3 Å². The van der Waals surface area contributed by atoms with Crippen LogP contribution in [-0.2, 0) is 5.41 Å². The average molecular weight is 251 g/mol.